The Kier molecular flexibility index (Phi) is 4.37. The van der Waals surface area contributed by atoms with E-state index in [4.69, 9.17) is 5.11 Å². The van der Waals surface area contributed by atoms with Gasteiger partial charge in [-0.1, -0.05) is 6.42 Å². The molecule has 2 saturated carbocycles. The van der Waals surface area contributed by atoms with Crippen LogP contribution in [0.1, 0.15) is 38.5 Å². The number of carboxylic acids is 1. The number of fused-ring (bicyclic) bond motifs is 2. The lowest BCUT2D eigenvalue weighted by atomic mass is 9.86. The summed E-state index contributed by atoms with van der Waals surface area (Å²) in [6, 6.07) is -1.48. The van der Waals surface area contributed by atoms with Gasteiger partial charge in [0.15, 0.2) is 0 Å². The number of alkyl halides is 2. The molecule has 2 rings (SSSR count). The van der Waals surface area contributed by atoms with Crippen molar-refractivity contribution in [2.24, 2.45) is 17.8 Å². The first kappa shape index (κ1) is 14.2. The molecule has 0 aromatic rings. The van der Waals surface area contributed by atoms with Gasteiger partial charge in [0.2, 0.25) is 12.3 Å². The predicted octanol–water partition coefficient (Wildman–Crippen LogP) is 2.04. The average Bonchev–Trinajstić information content (AvgIpc) is 2.89. The molecular formula is C13H19F2NO3. The van der Waals surface area contributed by atoms with E-state index in [1.54, 1.807) is 0 Å². The number of carbonyl (C=O) groups is 2. The van der Waals surface area contributed by atoms with E-state index >= 15 is 0 Å². The van der Waals surface area contributed by atoms with E-state index in [1.165, 1.54) is 6.42 Å². The molecule has 2 N–H and O–H groups in total. The highest BCUT2D eigenvalue weighted by molar-refractivity contribution is 5.83. The second-order valence-electron chi connectivity index (χ2n) is 5.72. The van der Waals surface area contributed by atoms with E-state index in [1.807, 2.05) is 0 Å². The zero-order chi connectivity index (χ0) is 14.0. The number of amides is 1. The van der Waals surface area contributed by atoms with Gasteiger partial charge in [0.25, 0.3) is 0 Å². The van der Waals surface area contributed by atoms with Gasteiger partial charge < -0.3 is 10.4 Å². The molecule has 4 atom stereocenters. The lowest BCUT2D eigenvalue weighted by Gasteiger charge is -2.22. The first-order valence-corrected chi connectivity index (χ1v) is 6.76. The Morgan fingerprint density at radius 3 is 2.47 bits per heavy atom. The summed E-state index contributed by atoms with van der Waals surface area (Å²) in [7, 11) is 0. The van der Waals surface area contributed by atoms with Crippen LogP contribution in [0.25, 0.3) is 0 Å². The van der Waals surface area contributed by atoms with Crippen LogP contribution in [-0.4, -0.2) is 29.5 Å². The Morgan fingerprint density at radius 2 is 2.00 bits per heavy atom. The standard InChI is InChI=1S/C13H19F2NO3/c14-11(15)6-10(13(18)19)16-12(17)5-9-4-7-1-2-8(9)3-7/h7-11H,1-6H2,(H,16,17)(H,18,19). The van der Waals surface area contributed by atoms with Gasteiger partial charge in [0.05, 0.1) is 0 Å². The van der Waals surface area contributed by atoms with Gasteiger partial charge in [-0.05, 0) is 37.0 Å². The summed E-state index contributed by atoms with van der Waals surface area (Å²) in [5.41, 5.74) is 0. The third-order valence-corrected chi connectivity index (χ3v) is 4.38. The van der Waals surface area contributed by atoms with Crippen LogP contribution in [0.15, 0.2) is 0 Å². The maximum absolute atomic E-state index is 12.2. The quantitative estimate of drug-likeness (QED) is 0.779. The van der Waals surface area contributed by atoms with Gasteiger partial charge in [0, 0.05) is 12.8 Å². The third kappa shape index (κ3) is 3.64. The Bertz CT molecular complexity index is 362. The van der Waals surface area contributed by atoms with E-state index < -0.39 is 30.8 Å². The number of carbonyl (C=O) groups excluding carboxylic acids is 1. The molecule has 2 fully saturated rings. The molecule has 19 heavy (non-hydrogen) atoms. The van der Waals surface area contributed by atoms with E-state index in [2.05, 4.69) is 5.32 Å². The van der Waals surface area contributed by atoms with Gasteiger partial charge in [-0.2, -0.15) is 0 Å². The van der Waals surface area contributed by atoms with Crippen molar-refractivity contribution in [2.45, 2.75) is 51.0 Å². The molecule has 108 valence electrons. The highest BCUT2D eigenvalue weighted by Gasteiger charge is 2.40. The van der Waals surface area contributed by atoms with Gasteiger partial charge in [-0.15, -0.1) is 0 Å². The summed E-state index contributed by atoms with van der Waals surface area (Å²) >= 11 is 0. The number of rotatable bonds is 6. The zero-order valence-electron chi connectivity index (χ0n) is 10.6. The summed E-state index contributed by atoms with van der Waals surface area (Å²) in [6.45, 7) is 0. The lowest BCUT2D eigenvalue weighted by Crippen LogP contribution is -2.42. The highest BCUT2D eigenvalue weighted by atomic mass is 19.3. The molecule has 1 amide bonds. The van der Waals surface area contributed by atoms with Crippen LogP contribution in [0.3, 0.4) is 0 Å². The topological polar surface area (TPSA) is 66.4 Å². The number of carboxylic acid groups (broad SMARTS) is 1. The monoisotopic (exact) mass is 275 g/mol. The number of hydrogen-bond donors (Lipinski definition) is 2. The highest BCUT2D eigenvalue weighted by Crippen LogP contribution is 2.49. The maximum Gasteiger partial charge on any atom is 0.326 e. The number of nitrogens with one attached hydrogen (secondary N) is 1. The van der Waals surface area contributed by atoms with Crippen molar-refractivity contribution in [3.63, 3.8) is 0 Å². The molecule has 6 heteroatoms. The first-order valence-electron chi connectivity index (χ1n) is 6.76. The second-order valence-corrected chi connectivity index (χ2v) is 5.72. The van der Waals surface area contributed by atoms with Crippen molar-refractivity contribution >= 4 is 11.9 Å². The fraction of sp³-hybridized carbons (Fsp3) is 0.846. The van der Waals surface area contributed by atoms with Crippen molar-refractivity contribution in [3.05, 3.63) is 0 Å². The zero-order valence-corrected chi connectivity index (χ0v) is 10.6. The van der Waals surface area contributed by atoms with Gasteiger partial charge in [-0.3, -0.25) is 4.79 Å². The van der Waals surface area contributed by atoms with Crippen LogP contribution in [0.2, 0.25) is 0 Å². The molecular weight excluding hydrogens is 256 g/mol. The molecule has 0 aromatic heterocycles. The Labute approximate surface area is 110 Å². The van der Waals surface area contributed by atoms with Gasteiger partial charge >= 0.3 is 5.97 Å². The fourth-order valence-electron chi connectivity index (χ4n) is 3.52. The third-order valence-electron chi connectivity index (χ3n) is 4.38. The lowest BCUT2D eigenvalue weighted by molar-refractivity contribution is -0.143. The molecule has 2 bridgehead atoms. The summed E-state index contributed by atoms with van der Waals surface area (Å²) in [5.74, 6) is -0.236. The summed E-state index contributed by atoms with van der Waals surface area (Å²) in [6.07, 6.45) is 1.26. The van der Waals surface area contributed by atoms with Gasteiger partial charge in [-0.25, -0.2) is 13.6 Å². The van der Waals surface area contributed by atoms with Gasteiger partial charge in [0.1, 0.15) is 6.04 Å². The van der Waals surface area contributed by atoms with Crippen LogP contribution in [0.4, 0.5) is 8.78 Å². The maximum atomic E-state index is 12.2. The summed E-state index contributed by atoms with van der Waals surface area (Å²) < 4.78 is 24.4. The molecule has 0 saturated heterocycles. The number of halogens is 2. The largest absolute Gasteiger partial charge is 0.480 e. The predicted molar refractivity (Wildman–Crippen MR) is 63.7 cm³/mol. The van der Waals surface area contributed by atoms with Crippen LogP contribution in [0, 0.1) is 17.8 Å². The van der Waals surface area contributed by atoms with Crippen LogP contribution in [-0.2, 0) is 9.59 Å². The van der Waals surface area contributed by atoms with E-state index in [9.17, 15) is 18.4 Å². The van der Waals surface area contributed by atoms with Crippen molar-refractivity contribution in [2.75, 3.05) is 0 Å². The molecule has 0 aliphatic heterocycles. The molecule has 0 aromatic carbocycles. The van der Waals surface area contributed by atoms with E-state index in [-0.39, 0.29) is 6.42 Å². The van der Waals surface area contributed by atoms with Crippen LogP contribution < -0.4 is 5.32 Å². The van der Waals surface area contributed by atoms with E-state index in [0.29, 0.717) is 17.8 Å². The van der Waals surface area contributed by atoms with Crippen molar-refractivity contribution in [1.29, 1.82) is 0 Å². The van der Waals surface area contributed by atoms with Crippen molar-refractivity contribution in [1.82, 2.24) is 5.32 Å². The molecule has 2 aliphatic rings. The minimum Gasteiger partial charge on any atom is -0.480 e. The molecule has 0 spiro atoms. The normalized spacial score (nSPS) is 30.6. The Morgan fingerprint density at radius 1 is 1.26 bits per heavy atom. The van der Waals surface area contributed by atoms with Crippen molar-refractivity contribution in [3.8, 4) is 0 Å². The van der Waals surface area contributed by atoms with Crippen LogP contribution >= 0.6 is 0 Å². The first-order chi connectivity index (χ1) is 8.95. The molecule has 2 aliphatic carbocycles. The summed E-state index contributed by atoms with van der Waals surface area (Å²) in [5, 5.41) is 11.0. The number of hydrogen-bond acceptors (Lipinski definition) is 2. The number of aliphatic carboxylic acids is 1. The van der Waals surface area contributed by atoms with Crippen LogP contribution in [0.5, 0.6) is 0 Å². The second kappa shape index (κ2) is 5.84. The molecule has 4 unspecified atom stereocenters. The summed E-state index contributed by atoms with van der Waals surface area (Å²) in [4.78, 5) is 22.5. The SMILES string of the molecule is O=C(CC1CC2CCC1C2)NC(CC(F)F)C(=O)O. The Hall–Kier alpha value is -1.20. The minimum absolute atomic E-state index is 0.272. The smallest absolute Gasteiger partial charge is 0.326 e. The molecule has 0 radical (unpaired) electrons. The van der Waals surface area contributed by atoms with Crippen molar-refractivity contribution < 1.29 is 23.5 Å². The molecule has 0 heterocycles. The Balaban J connectivity index is 1.81. The van der Waals surface area contributed by atoms with E-state index in [0.717, 1.165) is 19.3 Å². The molecule has 4 nitrogen and oxygen atoms in total. The minimum atomic E-state index is -2.73. The fourth-order valence-corrected chi connectivity index (χ4v) is 3.52. The average molecular weight is 275 g/mol.